The van der Waals surface area contributed by atoms with Crippen LogP contribution in [0.25, 0.3) is 10.6 Å². The fourth-order valence-electron chi connectivity index (χ4n) is 2.63. The number of carbonyl (C=O) groups is 2. The molecule has 3 rings (SSSR count). The summed E-state index contributed by atoms with van der Waals surface area (Å²) in [5.41, 5.74) is 2.21. The molecule has 138 valence electrons. The van der Waals surface area contributed by atoms with Gasteiger partial charge in [-0.1, -0.05) is 32.0 Å². The van der Waals surface area contributed by atoms with Crippen molar-refractivity contribution >= 4 is 28.8 Å². The van der Waals surface area contributed by atoms with E-state index in [2.05, 4.69) is 15.6 Å². The van der Waals surface area contributed by atoms with Crippen LogP contribution in [0.1, 0.15) is 24.2 Å². The summed E-state index contributed by atoms with van der Waals surface area (Å²) in [6.45, 7) is 3.81. The highest BCUT2D eigenvalue weighted by atomic mass is 32.1. The summed E-state index contributed by atoms with van der Waals surface area (Å²) in [5, 5.41) is 8.57. The fourth-order valence-corrected chi connectivity index (χ4v) is 3.28. The monoisotopic (exact) mass is 379 g/mol. The highest BCUT2D eigenvalue weighted by Gasteiger charge is 2.24. The molecule has 5 nitrogen and oxygen atoms in total. The van der Waals surface area contributed by atoms with Crippen molar-refractivity contribution in [2.24, 2.45) is 5.92 Å². The van der Waals surface area contributed by atoms with E-state index in [1.165, 1.54) is 0 Å². The van der Waals surface area contributed by atoms with E-state index in [1.807, 2.05) is 49.6 Å². The molecule has 1 aromatic heterocycles. The molecule has 0 saturated heterocycles. The predicted molar refractivity (Wildman–Crippen MR) is 109 cm³/mol. The summed E-state index contributed by atoms with van der Waals surface area (Å²) < 4.78 is 0. The van der Waals surface area contributed by atoms with Crippen LogP contribution in [0, 0.1) is 5.92 Å². The second-order valence-corrected chi connectivity index (χ2v) is 7.36. The van der Waals surface area contributed by atoms with E-state index in [9.17, 15) is 9.59 Å². The number of anilines is 1. The van der Waals surface area contributed by atoms with Gasteiger partial charge in [-0.3, -0.25) is 9.59 Å². The molecular formula is C21H21N3O2S. The van der Waals surface area contributed by atoms with Crippen molar-refractivity contribution in [2.75, 3.05) is 5.32 Å². The van der Waals surface area contributed by atoms with Crippen LogP contribution in [-0.4, -0.2) is 22.8 Å². The SMILES string of the molecule is CC(C)C(NC(=O)c1ccccc1)C(=O)Nc1ccc(-c2nccs2)cc1. The molecule has 0 aliphatic rings. The van der Waals surface area contributed by atoms with Gasteiger partial charge in [-0.15, -0.1) is 11.3 Å². The molecule has 3 aromatic rings. The zero-order valence-corrected chi connectivity index (χ0v) is 16.0. The number of nitrogens with one attached hydrogen (secondary N) is 2. The average molecular weight is 379 g/mol. The number of hydrogen-bond acceptors (Lipinski definition) is 4. The van der Waals surface area contributed by atoms with Crippen molar-refractivity contribution in [3.8, 4) is 10.6 Å². The molecule has 2 amide bonds. The van der Waals surface area contributed by atoms with Gasteiger partial charge in [0.2, 0.25) is 5.91 Å². The van der Waals surface area contributed by atoms with Crippen molar-refractivity contribution in [1.82, 2.24) is 10.3 Å². The maximum atomic E-state index is 12.7. The summed E-state index contributed by atoms with van der Waals surface area (Å²) in [6, 6.07) is 15.8. The Balaban J connectivity index is 1.67. The Labute approximate surface area is 162 Å². The van der Waals surface area contributed by atoms with Crippen LogP contribution in [0.2, 0.25) is 0 Å². The molecule has 27 heavy (non-hydrogen) atoms. The first-order valence-corrected chi connectivity index (χ1v) is 9.59. The quantitative estimate of drug-likeness (QED) is 0.674. The van der Waals surface area contributed by atoms with Gasteiger partial charge in [-0.2, -0.15) is 0 Å². The standard InChI is InChI=1S/C21H21N3O2S/c1-14(2)18(24-19(25)15-6-4-3-5-7-15)20(26)23-17-10-8-16(9-11-17)21-22-12-13-27-21/h3-14,18H,1-2H3,(H,23,26)(H,24,25). The number of benzene rings is 2. The third-order valence-corrected chi connectivity index (χ3v) is 4.93. The fraction of sp³-hybridized carbons (Fsp3) is 0.190. The van der Waals surface area contributed by atoms with Gasteiger partial charge in [-0.05, 0) is 42.3 Å². The number of rotatable bonds is 6. The van der Waals surface area contributed by atoms with E-state index in [-0.39, 0.29) is 17.7 Å². The normalized spacial score (nSPS) is 11.8. The van der Waals surface area contributed by atoms with Crippen molar-refractivity contribution in [2.45, 2.75) is 19.9 Å². The first-order chi connectivity index (χ1) is 13.0. The highest BCUT2D eigenvalue weighted by Crippen LogP contribution is 2.23. The van der Waals surface area contributed by atoms with Crippen molar-refractivity contribution in [3.05, 3.63) is 71.7 Å². The van der Waals surface area contributed by atoms with Gasteiger partial charge in [-0.25, -0.2) is 4.98 Å². The van der Waals surface area contributed by atoms with E-state index >= 15 is 0 Å². The minimum atomic E-state index is -0.628. The summed E-state index contributed by atoms with van der Waals surface area (Å²) >= 11 is 1.56. The van der Waals surface area contributed by atoms with Gasteiger partial charge in [0.15, 0.2) is 0 Å². The molecular weight excluding hydrogens is 358 g/mol. The molecule has 0 aliphatic carbocycles. The first-order valence-electron chi connectivity index (χ1n) is 8.71. The Bertz CT molecular complexity index is 891. The summed E-state index contributed by atoms with van der Waals surface area (Å²) in [6.07, 6.45) is 1.76. The van der Waals surface area contributed by atoms with E-state index in [4.69, 9.17) is 0 Å². The van der Waals surface area contributed by atoms with Crippen LogP contribution in [-0.2, 0) is 4.79 Å². The van der Waals surface area contributed by atoms with Crippen LogP contribution < -0.4 is 10.6 Å². The second-order valence-electron chi connectivity index (χ2n) is 6.47. The Morgan fingerprint density at radius 3 is 2.30 bits per heavy atom. The molecule has 2 N–H and O–H groups in total. The van der Waals surface area contributed by atoms with Crippen LogP contribution in [0.15, 0.2) is 66.2 Å². The van der Waals surface area contributed by atoms with E-state index in [0.29, 0.717) is 11.3 Å². The number of hydrogen-bond donors (Lipinski definition) is 2. The molecule has 0 bridgehead atoms. The minimum absolute atomic E-state index is 0.0488. The average Bonchev–Trinajstić information content (AvgIpc) is 3.21. The molecule has 6 heteroatoms. The van der Waals surface area contributed by atoms with E-state index in [0.717, 1.165) is 10.6 Å². The van der Waals surface area contributed by atoms with Gasteiger partial charge >= 0.3 is 0 Å². The molecule has 0 fully saturated rings. The van der Waals surface area contributed by atoms with Crippen molar-refractivity contribution < 1.29 is 9.59 Å². The lowest BCUT2D eigenvalue weighted by molar-refractivity contribution is -0.118. The lowest BCUT2D eigenvalue weighted by Gasteiger charge is -2.22. The number of aromatic nitrogens is 1. The Kier molecular flexibility index (Phi) is 5.98. The summed E-state index contributed by atoms with van der Waals surface area (Å²) in [7, 11) is 0. The van der Waals surface area contributed by atoms with Gasteiger partial charge < -0.3 is 10.6 Å². The minimum Gasteiger partial charge on any atom is -0.340 e. The van der Waals surface area contributed by atoms with Gasteiger partial charge in [0.05, 0.1) is 0 Å². The largest absolute Gasteiger partial charge is 0.340 e. The second kappa shape index (κ2) is 8.60. The molecule has 1 unspecified atom stereocenters. The smallest absolute Gasteiger partial charge is 0.251 e. The maximum absolute atomic E-state index is 12.7. The Hall–Kier alpha value is -2.99. The van der Waals surface area contributed by atoms with E-state index < -0.39 is 6.04 Å². The summed E-state index contributed by atoms with van der Waals surface area (Å²) in [5.74, 6) is -0.549. The van der Waals surface area contributed by atoms with Crippen LogP contribution in [0.5, 0.6) is 0 Å². The Morgan fingerprint density at radius 1 is 1.00 bits per heavy atom. The van der Waals surface area contributed by atoms with Crippen molar-refractivity contribution in [1.29, 1.82) is 0 Å². The van der Waals surface area contributed by atoms with Crippen LogP contribution >= 0.6 is 11.3 Å². The number of thiazole rings is 1. The van der Waals surface area contributed by atoms with Crippen LogP contribution in [0.4, 0.5) is 5.69 Å². The zero-order valence-electron chi connectivity index (χ0n) is 15.2. The maximum Gasteiger partial charge on any atom is 0.251 e. The molecule has 0 aliphatic heterocycles. The van der Waals surface area contributed by atoms with Crippen LogP contribution in [0.3, 0.4) is 0 Å². The van der Waals surface area contributed by atoms with E-state index in [1.54, 1.807) is 41.8 Å². The third-order valence-electron chi connectivity index (χ3n) is 4.10. The molecule has 1 heterocycles. The lowest BCUT2D eigenvalue weighted by Crippen LogP contribution is -2.47. The molecule has 0 spiro atoms. The number of amides is 2. The van der Waals surface area contributed by atoms with Crippen molar-refractivity contribution in [3.63, 3.8) is 0 Å². The first kappa shape index (κ1) is 18.8. The molecule has 1 atom stereocenters. The summed E-state index contributed by atoms with van der Waals surface area (Å²) in [4.78, 5) is 29.4. The lowest BCUT2D eigenvalue weighted by atomic mass is 10.0. The van der Waals surface area contributed by atoms with Gasteiger partial charge in [0, 0.05) is 28.4 Å². The predicted octanol–water partition coefficient (Wildman–Crippen LogP) is 4.20. The topological polar surface area (TPSA) is 71.1 Å². The van der Waals surface area contributed by atoms with Gasteiger partial charge in [0.1, 0.15) is 11.0 Å². The number of carbonyl (C=O) groups excluding carboxylic acids is 2. The van der Waals surface area contributed by atoms with Gasteiger partial charge in [0.25, 0.3) is 5.91 Å². The molecule has 0 radical (unpaired) electrons. The highest BCUT2D eigenvalue weighted by molar-refractivity contribution is 7.13. The zero-order chi connectivity index (χ0) is 19.2. The molecule has 0 saturated carbocycles. The Morgan fingerprint density at radius 2 is 1.70 bits per heavy atom. The molecule has 2 aromatic carbocycles. The third kappa shape index (κ3) is 4.80. The number of nitrogens with zero attached hydrogens (tertiary/aromatic N) is 1.